The van der Waals surface area contributed by atoms with Gasteiger partial charge in [0.05, 0.1) is 4.70 Å². The molecule has 39 heavy (non-hydrogen) atoms. The average Bonchev–Trinajstić information content (AvgIpc) is 3.74. The Balaban J connectivity index is 0.000000126. The summed E-state index contributed by atoms with van der Waals surface area (Å²) in [4.78, 5) is 27.9. The molecule has 0 bridgehead atoms. The van der Waals surface area contributed by atoms with Gasteiger partial charge in [-0.25, -0.2) is 0 Å². The average molecular weight is 580 g/mol. The van der Waals surface area contributed by atoms with Gasteiger partial charge in [0, 0.05) is 49.2 Å². The van der Waals surface area contributed by atoms with Crippen LogP contribution in [0.2, 0.25) is 0 Å². The highest BCUT2D eigenvalue weighted by atomic mass is 32.1. The summed E-state index contributed by atoms with van der Waals surface area (Å²) < 4.78 is 1.79. The van der Waals surface area contributed by atoms with Crippen molar-refractivity contribution in [1.29, 1.82) is 0 Å². The van der Waals surface area contributed by atoms with Crippen molar-refractivity contribution in [1.82, 2.24) is 0 Å². The second kappa shape index (κ2) is 8.29. The first-order chi connectivity index (χ1) is 18.7. The lowest BCUT2D eigenvalue weighted by Gasteiger charge is -2.05. The van der Waals surface area contributed by atoms with Gasteiger partial charge in [0.2, 0.25) is 5.43 Å². The number of benzene rings is 2. The summed E-state index contributed by atoms with van der Waals surface area (Å²) >= 11 is 6.82. The zero-order valence-electron chi connectivity index (χ0n) is 19.8. The molecule has 6 heteroatoms. The predicted molar refractivity (Wildman–Crippen MR) is 175 cm³/mol. The minimum absolute atomic E-state index is 0. The normalized spacial score (nSPS) is 12.9. The van der Waals surface area contributed by atoms with E-state index in [9.17, 15) is 9.59 Å². The molecule has 0 amide bonds. The van der Waals surface area contributed by atoms with Crippen molar-refractivity contribution in [3.63, 3.8) is 0 Å². The van der Waals surface area contributed by atoms with Crippen molar-refractivity contribution in [3.8, 4) is 21.6 Å². The van der Waals surface area contributed by atoms with Crippen molar-refractivity contribution in [3.05, 3.63) is 112 Å². The van der Waals surface area contributed by atoms with Gasteiger partial charge in [0.15, 0.2) is 5.43 Å². The van der Waals surface area contributed by atoms with Gasteiger partial charge in [-0.05, 0) is 115 Å². The van der Waals surface area contributed by atoms with Gasteiger partial charge in [-0.1, -0.05) is 7.43 Å². The van der Waals surface area contributed by atoms with Crippen LogP contribution in [0.4, 0.5) is 0 Å². The third kappa shape index (κ3) is 3.11. The fraction of sp³-hybridized carbons (Fsp3) is 0.0909. The van der Waals surface area contributed by atoms with Crippen LogP contribution < -0.4 is 10.9 Å². The Kier molecular flexibility index (Phi) is 4.99. The van der Waals surface area contributed by atoms with E-state index in [1.165, 1.54) is 49.6 Å². The molecule has 2 aliphatic carbocycles. The van der Waals surface area contributed by atoms with Gasteiger partial charge in [-0.2, -0.15) is 0 Å². The summed E-state index contributed by atoms with van der Waals surface area (Å²) in [5.74, 6) is 0. The van der Waals surface area contributed by atoms with Crippen LogP contribution in [-0.2, 0) is 12.8 Å². The van der Waals surface area contributed by atoms with Crippen LogP contribution in [-0.4, -0.2) is 0 Å². The SMILES string of the molecule is C.O=c1c2cc3c(cc2c2sccc12)c(=O)c1sccc13.[2HH].c1cc2c(s1)Cc1cc3c(cc1-2)Cc1ccsc1-3. The standard InChI is InChI=1S/C16H6O2S2.C16H10S2.CH4.H2/c17-13-8-2-4-19-15(8)12-6-10-9(5-11(12)13)7-1-3-20-16(7)14(10)18;1-3-18-16-9(1)5-10-6-13-11(7-14(10)16)8-15-12(13)2-4-17-15;;/h1-6H;1-4,6-7H,5,8H2;1H4;1H/i;;;1+1. The molecule has 10 rings (SSSR count). The number of fused-ring (bicyclic) bond motifs is 12. The van der Waals surface area contributed by atoms with Crippen LogP contribution in [0.25, 0.3) is 63.3 Å². The van der Waals surface area contributed by atoms with E-state index in [4.69, 9.17) is 0 Å². The fourth-order valence-electron chi connectivity index (χ4n) is 6.30. The smallest absolute Gasteiger partial charge is 0.204 e. The highest BCUT2D eigenvalue weighted by Gasteiger charge is 2.26. The van der Waals surface area contributed by atoms with Gasteiger partial charge in [0.25, 0.3) is 0 Å². The van der Waals surface area contributed by atoms with E-state index in [1.807, 2.05) is 57.7 Å². The molecule has 0 spiro atoms. The number of thiophene rings is 4. The van der Waals surface area contributed by atoms with Crippen molar-refractivity contribution >= 4 is 87.1 Å². The van der Waals surface area contributed by atoms with E-state index in [0.29, 0.717) is 0 Å². The molecule has 4 heterocycles. The maximum Gasteiger partial charge on any atom is 0.204 e. The third-order valence-electron chi connectivity index (χ3n) is 8.05. The molecule has 0 saturated heterocycles. The minimum Gasteiger partial charge on any atom is -0.289 e. The maximum absolute atomic E-state index is 12.4. The lowest BCUT2D eigenvalue weighted by Crippen LogP contribution is -1.94. The first-order valence-corrected chi connectivity index (χ1v) is 15.9. The Labute approximate surface area is 241 Å². The van der Waals surface area contributed by atoms with E-state index >= 15 is 0 Å². The predicted octanol–water partition coefficient (Wildman–Crippen LogP) is 9.85. The Hall–Kier alpha value is -3.42. The molecule has 0 unspecified atom stereocenters. The monoisotopic (exact) mass is 579 g/mol. The highest BCUT2D eigenvalue weighted by molar-refractivity contribution is 7.18. The Morgan fingerprint density at radius 1 is 0.513 bits per heavy atom. The van der Waals surface area contributed by atoms with Crippen molar-refractivity contribution < 1.29 is 1.43 Å². The zero-order chi connectivity index (χ0) is 25.1. The number of hydrogen-bond acceptors (Lipinski definition) is 6. The summed E-state index contributed by atoms with van der Waals surface area (Å²) in [7, 11) is 0. The number of hydrogen-bond donors (Lipinski definition) is 0. The van der Waals surface area contributed by atoms with E-state index in [-0.39, 0.29) is 19.7 Å². The van der Waals surface area contributed by atoms with Crippen LogP contribution in [0.15, 0.2) is 79.6 Å². The van der Waals surface area contributed by atoms with Crippen molar-refractivity contribution in [2.24, 2.45) is 0 Å². The lowest BCUT2D eigenvalue weighted by molar-refractivity contribution is 1.25. The molecule has 0 N–H and O–H groups in total. The third-order valence-corrected chi connectivity index (χ3v) is 11.8. The quantitative estimate of drug-likeness (QED) is 0.179. The number of rotatable bonds is 0. The van der Waals surface area contributed by atoms with E-state index in [0.717, 1.165) is 54.6 Å². The van der Waals surface area contributed by atoms with Gasteiger partial charge >= 0.3 is 0 Å². The molecule has 0 saturated carbocycles. The van der Waals surface area contributed by atoms with Crippen LogP contribution in [0.1, 0.15) is 30.4 Å². The summed E-state index contributed by atoms with van der Waals surface area (Å²) in [6.45, 7) is 0. The Bertz CT molecular complexity index is 2190. The first-order valence-electron chi connectivity index (χ1n) is 12.4. The minimum atomic E-state index is 0. The van der Waals surface area contributed by atoms with Gasteiger partial charge in [-0.3, -0.25) is 9.59 Å². The maximum atomic E-state index is 12.4. The van der Waals surface area contributed by atoms with E-state index < -0.39 is 0 Å². The fourth-order valence-corrected chi connectivity index (χ4v) is 9.97. The largest absolute Gasteiger partial charge is 0.289 e. The summed E-state index contributed by atoms with van der Waals surface area (Å²) in [6.07, 6.45) is 2.26. The van der Waals surface area contributed by atoms with Crippen LogP contribution >= 0.6 is 45.3 Å². The second-order valence-electron chi connectivity index (χ2n) is 9.98. The first kappa shape index (κ1) is 23.5. The van der Waals surface area contributed by atoms with Crippen LogP contribution in [0.3, 0.4) is 0 Å². The summed E-state index contributed by atoms with van der Waals surface area (Å²) in [5.41, 5.74) is 9.19. The summed E-state index contributed by atoms with van der Waals surface area (Å²) in [6, 6.07) is 17.1. The Morgan fingerprint density at radius 2 is 1.21 bits per heavy atom. The molecule has 0 fully saturated rings. The molecule has 0 atom stereocenters. The molecule has 2 aliphatic rings. The summed E-state index contributed by atoms with van der Waals surface area (Å²) in [5, 5.41) is 13.3. The van der Waals surface area contributed by atoms with Crippen LogP contribution in [0.5, 0.6) is 0 Å². The molecule has 4 aromatic carbocycles. The molecular formula is C33H22O2S4. The molecular weight excluding hydrogens is 557 g/mol. The molecule has 4 aromatic heterocycles. The van der Waals surface area contributed by atoms with E-state index in [2.05, 4.69) is 35.0 Å². The highest BCUT2D eigenvalue weighted by Crippen LogP contribution is 2.47. The lowest BCUT2D eigenvalue weighted by atomic mass is 10.00. The molecule has 8 aromatic rings. The topological polar surface area (TPSA) is 34.1 Å². The van der Waals surface area contributed by atoms with Crippen LogP contribution in [0, 0.1) is 0 Å². The second-order valence-corrected chi connectivity index (χ2v) is 13.7. The Morgan fingerprint density at radius 3 is 2.10 bits per heavy atom. The molecule has 2 nitrogen and oxygen atoms in total. The van der Waals surface area contributed by atoms with Gasteiger partial charge in [0.1, 0.15) is 0 Å². The molecule has 0 aliphatic heterocycles. The van der Waals surface area contributed by atoms with Crippen molar-refractivity contribution in [2.75, 3.05) is 0 Å². The molecule has 190 valence electrons. The van der Waals surface area contributed by atoms with Gasteiger partial charge in [-0.15, -0.1) is 45.3 Å². The molecule has 0 radical (unpaired) electrons. The van der Waals surface area contributed by atoms with Crippen molar-refractivity contribution in [2.45, 2.75) is 20.3 Å². The van der Waals surface area contributed by atoms with Gasteiger partial charge < -0.3 is 0 Å². The zero-order valence-corrected chi connectivity index (χ0v) is 23.1. The van der Waals surface area contributed by atoms with E-state index in [1.54, 1.807) is 16.2 Å².